The van der Waals surface area contributed by atoms with E-state index in [1.807, 2.05) is 48.5 Å². The molecular formula is C19H15BrN4O2. The number of amides is 3. The van der Waals surface area contributed by atoms with Crippen molar-refractivity contribution in [1.82, 2.24) is 15.3 Å². The maximum atomic E-state index is 12.8. The fourth-order valence-electron chi connectivity index (χ4n) is 3.04. The van der Waals surface area contributed by atoms with Crippen molar-refractivity contribution in [2.24, 2.45) is 5.10 Å². The lowest BCUT2D eigenvalue weighted by atomic mass is 9.92. The minimum Gasteiger partial charge on any atom is -0.361 e. The molecule has 0 radical (unpaired) electrons. The number of imide groups is 1. The van der Waals surface area contributed by atoms with Gasteiger partial charge in [0.25, 0.3) is 5.91 Å². The van der Waals surface area contributed by atoms with Gasteiger partial charge < -0.3 is 10.3 Å². The Morgan fingerprint density at radius 1 is 1.15 bits per heavy atom. The summed E-state index contributed by atoms with van der Waals surface area (Å²) in [5.74, 6) is -0.411. The van der Waals surface area contributed by atoms with Gasteiger partial charge in [-0.15, -0.1) is 5.01 Å². The minimum atomic E-state index is -1.13. The number of H-pyrrole nitrogens is 1. The molecule has 0 aliphatic carbocycles. The number of fused-ring (bicyclic) bond motifs is 1. The Morgan fingerprint density at radius 2 is 1.92 bits per heavy atom. The Hall–Kier alpha value is -2.93. The van der Waals surface area contributed by atoms with Gasteiger partial charge in [-0.2, -0.15) is 5.10 Å². The lowest BCUT2D eigenvalue weighted by molar-refractivity contribution is -0.131. The van der Waals surface area contributed by atoms with Crippen LogP contribution in [0.25, 0.3) is 10.9 Å². The third-order valence-corrected chi connectivity index (χ3v) is 5.00. The first-order valence-corrected chi connectivity index (χ1v) is 8.81. The van der Waals surface area contributed by atoms with Crippen LogP contribution in [0.1, 0.15) is 18.1 Å². The van der Waals surface area contributed by atoms with Crippen LogP contribution in [-0.2, 0) is 10.3 Å². The Kier molecular flexibility index (Phi) is 3.88. The normalized spacial score (nSPS) is 20.3. The van der Waals surface area contributed by atoms with Crippen LogP contribution in [0.5, 0.6) is 0 Å². The quantitative estimate of drug-likeness (QED) is 0.509. The number of hydrazone groups is 1. The summed E-state index contributed by atoms with van der Waals surface area (Å²) in [5.41, 5.74) is 1.32. The second-order valence-electron chi connectivity index (χ2n) is 6.22. The number of urea groups is 1. The van der Waals surface area contributed by atoms with Gasteiger partial charge in [0.05, 0.1) is 6.21 Å². The van der Waals surface area contributed by atoms with E-state index in [4.69, 9.17) is 0 Å². The van der Waals surface area contributed by atoms with Crippen molar-refractivity contribution >= 4 is 45.0 Å². The number of benzene rings is 2. The second-order valence-corrected chi connectivity index (χ2v) is 7.13. The molecule has 1 aliphatic heterocycles. The summed E-state index contributed by atoms with van der Waals surface area (Å²) in [6, 6.07) is 14.4. The van der Waals surface area contributed by atoms with E-state index in [1.165, 1.54) is 6.21 Å². The van der Waals surface area contributed by atoms with Gasteiger partial charge in [0.1, 0.15) is 5.54 Å². The highest BCUT2D eigenvalue weighted by atomic mass is 79.9. The molecule has 1 saturated heterocycles. The van der Waals surface area contributed by atoms with Gasteiger partial charge in [0.15, 0.2) is 0 Å². The number of hydrogen-bond donors (Lipinski definition) is 2. The minimum absolute atomic E-state index is 0.411. The second kappa shape index (κ2) is 6.10. The average molecular weight is 411 g/mol. The van der Waals surface area contributed by atoms with Crippen molar-refractivity contribution < 1.29 is 9.59 Å². The molecule has 1 fully saturated rings. The first-order valence-electron chi connectivity index (χ1n) is 8.02. The molecule has 0 saturated carbocycles. The maximum absolute atomic E-state index is 12.8. The number of nitrogens with zero attached hydrogens (tertiary/aromatic N) is 2. The third kappa shape index (κ3) is 2.61. The van der Waals surface area contributed by atoms with Crippen molar-refractivity contribution in [3.63, 3.8) is 0 Å². The van der Waals surface area contributed by atoms with Gasteiger partial charge in [0.2, 0.25) is 0 Å². The molecule has 4 rings (SSSR count). The molecule has 2 heterocycles. The van der Waals surface area contributed by atoms with E-state index in [0.29, 0.717) is 5.56 Å². The molecule has 6 nitrogen and oxygen atoms in total. The van der Waals surface area contributed by atoms with E-state index < -0.39 is 17.5 Å². The summed E-state index contributed by atoms with van der Waals surface area (Å²) in [6.07, 6.45) is 3.30. The van der Waals surface area contributed by atoms with E-state index in [0.717, 1.165) is 25.9 Å². The maximum Gasteiger partial charge on any atom is 0.346 e. The Labute approximate surface area is 158 Å². The van der Waals surface area contributed by atoms with Gasteiger partial charge in [-0.05, 0) is 30.7 Å². The van der Waals surface area contributed by atoms with Gasteiger partial charge in [-0.25, -0.2) is 4.79 Å². The number of carbonyl (C=O) groups is 2. The van der Waals surface area contributed by atoms with Crippen LogP contribution in [-0.4, -0.2) is 28.1 Å². The molecule has 7 heteroatoms. The summed E-state index contributed by atoms with van der Waals surface area (Å²) in [6.45, 7) is 1.68. The van der Waals surface area contributed by atoms with Gasteiger partial charge in [-0.3, -0.25) is 4.79 Å². The van der Waals surface area contributed by atoms with Crippen LogP contribution < -0.4 is 5.32 Å². The smallest absolute Gasteiger partial charge is 0.346 e. The number of aromatic nitrogens is 1. The first-order chi connectivity index (χ1) is 12.5. The molecular weight excluding hydrogens is 396 g/mol. The Morgan fingerprint density at radius 3 is 2.69 bits per heavy atom. The number of carbonyl (C=O) groups excluding carboxylic acids is 2. The molecule has 1 atom stereocenters. The van der Waals surface area contributed by atoms with E-state index >= 15 is 0 Å². The Bertz CT molecular complexity index is 1040. The zero-order chi connectivity index (χ0) is 18.3. The molecule has 0 spiro atoms. The average Bonchev–Trinajstić information content (AvgIpc) is 3.13. The molecule has 3 amide bonds. The van der Waals surface area contributed by atoms with Crippen LogP contribution in [0, 0.1) is 0 Å². The first kappa shape index (κ1) is 16.5. The number of halogens is 1. The standard InChI is InChI=1S/C19H15BrN4O2/c1-19(13-5-3-2-4-6-13)17(25)24(18(26)23-19)22-11-12-10-21-16-8-7-14(20)9-15(12)16/h2-11,21H,1H3,(H,23,26)/b22-11+/t19-/m0/s1. The van der Waals surface area contributed by atoms with Crippen LogP contribution >= 0.6 is 15.9 Å². The summed E-state index contributed by atoms with van der Waals surface area (Å²) in [7, 11) is 0. The molecule has 0 bridgehead atoms. The summed E-state index contributed by atoms with van der Waals surface area (Å²) in [4.78, 5) is 28.3. The SMILES string of the molecule is C[C@@]1(c2ccccc2)NC(=O)N(/N=C/c2c[nH]c3ccc(Br)cc23)C1=O. The van der Waals surface area contributed by atoms with Crippen LogP contribution in [0.4, 0.5) is 4.79 Å². The van der Waals surface area contributed by atoms with Gasteiger partial charge >= 0.3 is 6.03 Å². The zero-order valence-electron chi connectivity index (χ0n) is 13.9. The van der Waals surface area contributed by atoms with Crippen LogP contribution in [0.15, 0.2) is 64.3 Å². The monoisotopic (exact) mass is 410 g/mol. The molecule has 2 aromatic carbocycles. The van der Waals surface area contributed by atoms with Gasteiger partial charge in [-0.1, -0.05) is 46.3 Å². The highest BCUT2D eigenvalue weighted by molar-refractivity contribution is 9.10. The lowest BCUT2D eigenvalue weighted by Crippen LogP contribution is -2.40. The highest BCUT2D eigenvalue weighted by Crippen LogP contribution is 2.29. The molecule has 26 heavy (non-hydrogen) atoms. The summed E-state index contributed by atoms with van der Waals surface area (Å²) in [5, 5.41) is 8.70. The van der Waals surface area contributed by atoms with E-state index in [1.54, 1.807) is 13.1 Å². The predicted octanol–water partition coefficient (Wildman–Crippen LogP) is 3.73. The van der Waals surface area contributed by atoms with Crippen molar-refractivity contribution in [3.8, 4) is 0 Å². The number of nitrogens with one attached hydrogen (secondary N) is 2. The van der Waals surface area contributed by atoms with Crippen molar-refractivity contribution in [2.75, 3.05) is 0 Å². The van der Waals surface area contributed by atoms with E-state index in [-0.39, 0.29) is 0 Å². The van der Waals surface area contributed by atoms with Gasteiger partial charge in [0, 0.05) is 27.1 Å². The summed E-state index contributed by atoms with van der Waals surface area (Å²) < 4.78 is 0.936. The summed E-state index contributed by atoms with van der Waals surface area (Å²) >= 11 is 3.44. The molecule has 3 aromatic rings. The largest absolute Gasteiger partial charge is 0.361 e. The molecule has 0 unspecified atom stereocenters. The molecule has 1 aliphatic rings. The fraction of sp³-hybridized carbons (Fsp3) is 0.105. The topological polar surface area (TPSA) is 77.6 Å². The number of rotatable bonds is 3. The number of hydrogen-bond acceptors (Lipinski definition) is 3. The molecule has 130 valence electrons. The van der Waals surface area contributed by atoms with Crippen molar-refractivity contribution in [3.05, 3.63) is 70.3 Å². The van der Waals surface area contributed by atoms with E-state index in [9.17, 15) is 9.59 Å². The van der Waals surface area contributed by atoms with Crippen LogP contribution in [0.3, 0.4) is 0 Å². The predicted molar refractivity (Wildman–Crippen MR) is 103 cm³/mol. The van der Waals surface area contributed by atoms with E-state index in [2.05, 4.69) is 31.3 Å². The zero-order valence-corrected chi connectivity index (χ0v) is 15.4. The van der Waals surface area contributed by atoms with Crippen LogP contribution in [0.2, 0.25) is 0 Å². The lowest BCUT2D eigenvalue weighted by Gasteiger charge is -2.20. The van der Waals surface area contributed by atoms with Crippen molar-refractivity contribution in [1.29, 1.82) is 0 Å². The highest BCUT2D eigenvalue weighted by Gasteiger charge is 2.49. The molecule has 1 aromatic heterocycles. The van der Waals surface area contributed by atoms with Crippen molar-refractivity contribution in [2.45, 2.75) is 12.5 Å². The third-order valence-electron chi connectivity index (χ3n) is 4.51. The fourth-order valence-corrected chi connectivity index (χ4v) is 3.40. The molecule has 2 N–H and O–H groups in total. The number of aromatic amines is 1. The Balaban J connectivity index is 1.66.